The van der Waals surface area contributed by atoms with Crippen LogP contribution in [0.25, 0.3) is 66.1 Å². The summed E-state index contributed by atoms with van der Waals surface area (Å²) in [5, 5.41) is 5.78. The van der Waals surface area contributed by atoms with Gasteiger partial charge in [-0.1, -0.05) is 55.4 Å². The third kappa shape index (κ3) is 12.1. The Hall–Kier alpha value is -6.74. The average molecular weight is 1390 g/mol. The van der Waals surface area contributed by atoms with Crippen LogP contribution in [0, 0.1) is 47.3 Å². The van der Waals surface area contributed by atoms with Gasteiger partial charge in [0.2, 0.25) is 0 Å². The van der Waals surface area contributed by atoms with E-state index in [2.05, 4.69) is 305 Å². The molecule has 524 valence electrons. The standard InChI is InChI=1S/C100H120Ge/c1-65(2)47-55-97(56-48-66(3)4)85-33-25-23-31-81(85)93-77-41-45-89-95(79(77)39-43-87(93)97)83-37-35-75(63-91(83)99(89,59-51-69(9)10)60-52-70(11)12)101(73-27-19-17-20-28-73,74-29-21-18-22-30-74)76-36-38-84-92(64-76)100(61-53-71(13)14,62-54-72(15)16)90-46-42-78-80(96(84)90)40-44-88-94(78)82-32-24-26-34-86(82)98(88,57-49-67(5)6)58-50-68(7)8/h17-46,63-72H,47-62H2,1-16H3. The van der Waals surface area contributed by atoms with Crippen molar-refractivity contribution in [3.63, 3.8) is 0 Å². The van der Waals surface area contributed by atoms with Gasteiger partial charge in [0.1, 0.15) is 0 Å². The van der Waals surface area contributed by atoms with Crippen LogP contribution < -0.4 is 17.6 Å². The molecule has 0 saturated carbocycles. The molecule has 0 nitrogen and oxygen atoms in total. The molecule has 4 aliphatic rings. The maximum absolute atomic E-state index is 4.09. The third-order valence-electron chi connectivity index (χ3n) is 26.0. The Kier molecular flexibility index (Phi) is 20.0. The van der Waals surface area contributed by atoms with E-state index >= 15 is 0 Å². The minimum atomic E-state index is -4.09. The molecular formula is C100H120Ge. The van der Waals surface area contributed by atoms with Crippen LogP contribution in [0.1, 0.15) is 258 Å². The molecule has 10 aromatic carbocycles. The van der Waals surface area contributed by atoms with Crippen molar-refractivity contribution in [3.8, 4) is 44.5 Å². The maximum atomic E-state index is 2.90. The van der Waals surface area contributed by atoms with Gasteiger partial charge in [-0.2, -0.15) is 0 Å². The van der Waals surface area contributed by atoms with Gasteiger partial charge >= 0.3 is 539 Å². The van der Waals surface area contributed by atoms with E-state index in [0.717, 1.165) is 25.7 Å². The summed E-state index contributed by atoms with van der Waals surface area (Å²) < 4.78 is 6.11. The van der Waals surface area contributed by atoms with E-state index in [4.69, 9.17) is 0 Å². The Bertz CT molecular complexity index is 4290. The molecule has 0 amide bonds. The molecule has 0 aromatic heterocycles. The SMILES string of the molecule is CC(C)CCC1(CCC(C)C)c2ccccc2-c2c1ccc1c3c(ccc21)C(CCC(C)C)(CCC(C)C)c1c[c]([Ge]([c]2ccccc2)([c]2ccccc2)[c]2ccc4c(c2)C(CCC(C)C)(CCC(C)C)c2ccc5c6c(ccc5c2-4)C(CCC(C)C)(CCC(C)C)c2ccccc2-6)ccc1-3. The average Bonchev–Trinajstić information content (AvgIpc) is 1.54. The molecule has 0 bridgehead atoms. The minimum absolute atomic E-state index is 0.000242. The van der Waals surface area contributed by atoms with Crippen molar-refractivity contribution < 1.29 is 0 Å². The Morgan fingerprint density at radius 3 is 0.693 bits per heavy atom. The topological polar surface area (TPSA) is 0 Å². The number of hydrogen-bond acceptors (Lipinski definition) is 0. The molecule has 0 heterocycles. The Balaban J connectivity index is 1.03. The van der Waals surface area contributed by atoms with E-state index in [1.165, 1.54) is 152 Å². The van der Waals surface area contributed by atoms with Crippen LogP contribution in [0.3, 0.4) is 0 Å². The van der Waals surface area contributed by atoms with Crippen LogP contribution in [0.5, 0.6) is 0 Å². The fraction of sp³-hybridized carbons (Fsp3) is 0.440. The molecule has 101 heavy (non-hydrogen) atoms. The molecule has 0 fully saturated rings. The number of fused-ring (bicyclic) bond motifs is 18. The first-order chi connectivity index (χ1) is 48.6. The zero-order valence-corrected chi connectivity index (χ0v) is 67.0. The number of rotatable bonds is 28. The molecular weight excluding hydrogens is 1270 g/mol. The van der Waals surface area contributed by atoms with Gasteiger partial charge in [0, 0.05) is 0 Å². The molecule has 10 aromatic rings. The van der Waals surface area contributed by atoms with Crippen LogP contribution in [0.2, 0.25) is 0 Å². The van der Waals surface area contributed by atoms with Crippen LogP contribution in [-0.2, 0) is 21.7 Å². The summed E-state index contributed by atoms with van der Waals surface area (Å²) in [5.41, 5.74) is 24.2. The number of hydrogen-bond donors (Lipinski definition) is 0. The number of benzene rings is 10. The molecule has 0 unspecified atom stereocenters. The molecule has 4 aliphatic carbocycles. The van der Waals surface area contributed by atoms with Gasteiger partial charge in [-0.15, -0.1) is 0 Å². The molecule has 0 radical (unpaired) electrons. The Labute approximate surface area is 613 Å². The monoisotopic (exact) mass is 1390 g/mol. The molecule has 0 atom stereocenters. The van der Waals surface area contributed by atoms with Gasteiger partial charge in [-0.3, -0.25) is 0 Å². The third-order valence-corrected chi connectivity index (χ3v) is 35.9. The molecule has 0 aliphatic heterocycles. The first-order valence-corrected chi connectivity index (χ1v) is 44.6. The van der Waals surface area contributed by atoms with Crippen molar-refractivity contribution in [1.29, 1.82) is 0 Å². The quantitative estimate of drug-likeness (QED) is 0.0429. The van der Waals surface area contributed by atoms with E-state index in [1.54, 1.807) is 53.3 Å². The molecule has 0 spiro atoms. The zero-order valence-electron chi connectivity index (χ0n) is 64.9. The first-order valence-electron chi connectivity index (χ1n) is 40.4. The van der Waals surface area contributed by atoms with Gasteiger partial charge in [-0.25, -0.2) is 0 Å². The second-order valence-corrected chi connectivity index (χ2v) is 44.0. The van der Waals surface area contributed by atoms with E-state index < -0.39 is 13.3 Å². The van der Waals surface area contributed by atoms with Crippen molar-refractivity contribution in [1.82, 2.24) is 0 Å². The van der Waals surface area contributed by atoms with Gasteiger partial charge in [0.25, 0.3) is 0 Å². The van der Waals surface area contributed by atoms with Crippen molar-refractivity contribution in [3.05, 3.63) is 239 Å². The van der Waals surface area contributed by atoms with Crippen LogP contribution >= 0.6 is 0 Å². The van der Waals surface area contributed by atoms with Crippen molar-refractivity contribution in [2.75, 3.05) is 0 Å². The van der Waals surface area contributed by atoms with Crippen LogP contribution in [0.4, 0.5) is 0 Å². The van der Waals surface area contributed by atoms with Gasteiger partial charge in [-0.05, 0) is 23.7 Å². The summed E-state index contributed by atoms with van der Waals surface area (Å²) in [6.45, 7) is 39.2. The summed E-state index contributed by atoms with van der Waals surface area (Å²) in [4.78, 5) is 0. The second kappa shape index (κ2) is 28.4. The van der Waals surface area contributed by atoms with Crippen molar-refractivity contribution in [2.45, 2.75) is 235 Å². The van der Waals surface area contributed by atoms with E-state index in [-0.39, 0.29) is 21.7 Å². The predicted octanol–water partition coefficient (Wildman–Crippen LogP) is 25.9. The van der Waals surface area contributed by atoms with E-state index in [0.29, 0.717) is 47.3 Å². The van der Waals surface area contributed by atoms with E-state index in [1.807, 2.05) is 0 Å². The summed E-state index contributed by atoms with van der Waals surface area (Å²) in [7, 11) is 0. The van der Waals surface area contributed by atoms with Crippen LogP contribution in [-0.4, -0.2) is 13.3 Å². The Morgan fingerprint density at radius 2 is 0.436 bits per heavy atom. The molecule has 14 rings (SSSR count). The summed E-state index contributed by atoms with van der Waals surface area (Å²) in [6, 6.07) is 81.3. The van der Waals surface area contributed by atoms with Crippen molar-refractivity contribution >= 4 is 52.4 Å². The van der Waals surface area contributed by atoms with Crippen molar-refractivity contribution in [2.24, 2.45) is 47.3 Å². The second-order valence-electron chi connectivity index (χ2n) is 36.0. The summed E-state index contributed by atoms with van der Waals surface area (Å²) >= 11 is -4.09. The van der Waals surface area contributed by atoms with E-state index in [9.17, 15) is 0 Å². The predicted molar refractivity (Wildman–Crippen MR) is 443 cm³/mol. The summed E-state index contributed by atoms with van der Waals surface area (Å²) in [6.07, 6.45) is 18.9. The zero-order chi connectivity index (χ0) is 70.9. The molecule has 0 N–H and O–H groups in total. The van der Waals surface area contributed by atoms with Gasteiger partial charge in [0.15, 0.2) is 0 Å². The fourth-order valence-corrected chi connectivity index (χ4v) is 30.5. The van der Waals surface area contributed by atoms with Gasteiger partial charge < -0.3 is 0 Å². The summed E-state index contributed by atoms with van der Waals surface area (Å²) in [5.74, 6) is 4.87. The Morgan fingerprint density at radius 1 is 0.208 bits per heavy atom. The van der Waals surface area contributed by atoms with Crippen LogP contribution in [0.15, 0.2) is 194 Å². The normalized spacial score (nSPS) is 15.6. The first kappa shape index (κ1) is 71.3. The molecule has 1 heteroatoms. The fourth-order valence-electron chi connectivity index (χ4n) is 20.5. The molecule has 0 saturated heterocycles. The van der Waals surface area contributed by atoms with Gasteiger partial charge in [0.05, 0.1) is 0 Å².